The van der Waals surface area contributed by atoms with E-state index in [-0.39, 0.29) is 23.9 Å². The summed E-state index contributed by atoms with van der Waals surface area (Å²) in [5.74, 6) is 2.22. The number of methoxy groups -OCH3 is 2. The van der Waals surface area contributed by atoms with Gasteiger partial charge in [-0.25, -0.2) is 0 Å². The molecule has 26 heavy (non-hydrogen) atoms. The van der Waals surface area contributed by atoms with Gasteiger partial charge in [-0.05, 0) is 48.2 Å². The van der Waals surface area contributed by atoms with Crippen LogP contribution in [0.15, 0.2) is 48.5 Å². The topological polar surface area (TPSA) is 47.6 Å². The molecule has 0 unspecified atom stereocenters. The molecule has 1 aliphatic heterocycles. The molecule has 0 radical (unpaired) electrons. The van der Waals surface area contributed by atoms with Crippen molar-refractivity contribution in [2.45, 2.75) is 31.3 Å². The largest absolute Gasteiger partial charge is 0.497 e. The van der Waals surface area contributed by atoms with E-state index in [0.29, 0.717) is 5.78 Å². The van der Waals surface area contributed by atoms with Crippen molar-refractivity contribution in [3.05, 3.63) is 59.7 Å². The van der Waals surface area contributed by atoms with E-state index < -0.39 is 0 Å². The zero-order valence-electron chi connectivity index (χ0n) is 15.3. The molecule has 136 valence electrons. The van der Waals surface area contributed by atoms with Crippen LogP contribution in [0.3, 0.4) is 0 Å². The predicted octanol–water partition coefficient (Wildman–Crippen LogP) is 4.07. The number of ether oxygens (including phenoxy) is 2. The van der Waals surface area contributed by atoms with E-state index >= 15 is 0 Å². The van der Waals surface area contributed by atoms with Gasteiger partial charge in [0.2, 0.25) is 0 Å². The average Bonchev–Trinajstić information content (AvgIpc) is 2.68. The summed E-state index contributed by atoms with van der Waals surface area (Å²) in [6.45, 7) is 0. The number of hydrogen-bond acceptors (Lipinski definition) is 4. The van der Waals surface area contributed by atoms with Crippen LogP contribution in [-0.4, -0.2) is 20.0 Å². The highest BCUT2D eigenvalue weighted by Gasteiger charge is 2.46. The number of Topliss-reactive ketones (excluding diaryl/α,β-unsaturated/α-hetero) is 1. The quantitative estimate of drug-likeness (QED) is 0.902. The van der Waals surface area contributed by atoms with Crippen molar-refractivity contribution >= 4 is 5.78 Å². The van der Waals surface area contributed by atoms with Gasteiger partial charge in [0, 0.05) is 23.9 Å². The molecule has 4 rings (SSSR count). The molecule has 1 aliphatic carbocycles. The van der Waals surface area contributed by atoms with Crippen molar-refractivity contribution in [1.29, 1.82) is 0 Å². The summed E-state index contributed by atoms with van der Waals surface area (Å²) < 4.78 is 10.5. The second-order valence-corrected chi connectivity index (χ2v) is 7.21. The second-order valence-electron chi connectivity index (χ2n) is 7.21. The minimum Gasteiger partial charge on any atom is -0.497 e. The van der Waals surface area contributed by atoms with E-state index in [1.54, 1.807) is 14.2 Å². The Balaban J connectivity index is 1.67. The summed E-state index contributed by atoms with van der Waals surface area (Å²) in [6.07, 6.45) is 3.05. The molecule has 4 heteroatoms. The number of ketones is 1. The van der Waals surface area contributed by atoms with Crippen molar-refractivity contribution in [1.82, 2.24) is 5.32 Å². The predicted molar refractivity (Wildman–Crippen MR) is 100 cm³/mol. The van der Waals surface area contributed by atoms with Crippen LogP contribution in [0.25, 0.3) is 0 Å². The number of hydrogen-bond donors (Lipinski definition) is 1. The highest BCUT2D eigenvalue weighted by Crippen LogP contribution is 2.46. The maximum atomic E-state index is 13.1. The fourth-order valence-corrected chi connectivity index (χ4v) is 4.48. The molecule has 4 atom stereocenters. The van der Waals surface area contributed by atoms with Crippen LogP contribution in [0, 0.1) is 11.8 Å². The van der Waals surface area contributed by atoms with E-state index in [2.05, 4.69) is 29.6 Å². The summed E-state index contributed by atoms with van der Waals surface area (Å²) in [5, 5.41) is 3.79. The highest BCUT2D eigenvalue weighted by molar-refractivity contribution is 5.87. The molecule has 2 aromatic carbocycles. The van der Waals surface area contributed by atoms with Crippen molar-refractivity contribution < 1.29 is 14.3 Å². The molecule has 0 amide bonds. The van der Waals surface area contributed by atoms with Gasteiger partial charge in [-0.3, -0.25) is 4.79 Å². The fourth-order valence-electron chi connectivity index (χ4n) is 4.48. The van der Waals surface area contributed by atoms with Gasteiger partial charge >= 0.3 is 0 Å². The molecule has 1 heterocycles. The van der Waals surface area contributed by atoms with Crippen LogP contribution in [0.5, 0.6) is 11.5 Å². The first-order chi connectivity index (χ1) is 12.7. The van der Waals surface area contributed by atoms with Crippen molar-refractivity contribution in [2.24, 2.45) is 11.8 Å². The minimum atomic E-state index is 0.0528. The van der Waals surface area contributed by atoms with Gasteiger partial charge in [-0.15, -0.1) is 0 Å². The minimum absolute atomic E-state index is 0.0528. The third-order valence-electron chi connectivity index (χ3n) is 5.87. The fraction of sp³-hybridized carbons (Fsp3) is 0.409. The maximum Gasteiger partial charge on any atom is 0.142 e. The monoisotopic (exact) mass is 351 g/mol. The summed E-state index contributed by atoms with van der Waals surface area (Å²) in [5.41, 5.74) is 2.31. The molecule has 0 aromatic heterocycles. The van der Waals surface area contributed by atoms with Gasteiger partial charge in [-0.2, -0.15) is 0 Å². The molecular weight excluding hydrogens is 326 g/mol. The van der Waals surface area contributed by atoms with Gasteiger partial charge in [0.25, 0.3) is 0 Å². The SMILES string of the molecule is COc1ccc([C@@H]2N[C@@H](c3ccc(OC)cc3)[C@H]3CCC[C@H]2C3=O)cc1. The smallest absolute Gasteiger partial charge is 0.142 e. The van der Waals surface area contributed by atoms with Crippen LogP contribution in [0.1, 0.15) is 42.5 Å². The average molecular weight is 351 g/mol. The van der Waals surface area contributed by atoms with Crippen LogP contribution >= 0.6 is 0 Å². The van der Waals surface area contributed by atoms with E-state index in [1.807, 2.05) is 24.3 Å². The number of piperidine rings is 1. The van der Waals surface area contributed by atoms with Gasteiger partial charge in [0.15, 0.2) is 0 Å². The van der Waals surface area contributed by atoms with E-state index in [1.165, 1.54) is 0 Å². The molecule has 2 aliphatic rings. The lowest BCUT2D eigenvalue weighted by atomic mass is 9.67. The molecule has 1 saturated heterocycles. The summed E-state index contributed by atoms with van der Waals surface area (Å²) in [7, 11) is 3.34. The summed E-state index contributed by atoms with van der Waals surface area (Å²) >= 11 is 0. The normalized spacial score (nSPS) is 27.8. The van der Waals surface area contributed by atoms with Crippen LogP contribution in [-0.2, 0) is 4.79 Å². The summed E-state index contributed by atoms with van der Waals surface area (Å²) in [4.78, 5) is 13.1. The number of carbonyl (C=O) groups excluding carboxylic acids is 1. The van der Waals surface area contributed by atoms with Crippen molar-refractivity contribution in [3.8, 4) is 11.5 Å². The Labute approximate surface area is 154 Å². The number of fused-ring (bicyclic) bond motifs is 2. The molecular formula is C22H25NO3. The lowest BCUT2D eigenvalue weighted by Gasteiger charge is -2.45. The molecule has 2 bridgehead atoms. The maximum absolute atomic E-state index is 13.1. The molecule has 2 fully saturated rings. The first kappa shape index (κ1) is 17.1. The van der Waals surface area contributed by atoms with Crippen molar-refractivity contribution in [2.75, 3.05) is 14.2 Å². The zero-order chi connectivity index (χ0) is 18.1. The van der Waals surface area contributed by atoms with Gasteiger partial charge in [0.05, 0.1) is 14.2 Å². The summed E-state index contributed by atoms with van der Waals surface area (Å²) in [6, 6.07) is 16.3. The van der Waals surface area contributed by atoms with Crippen LogP contribution in [0.4, 0.5) is 0 Å². The highest BCUT2D eigenvalue weighted by atomic mass is 16.5. The second kappa shape index (κ2) is 7.12. The molecule has 4 nitrogen and oxygen atoms in total. The van der Waals surface area contributed by atoms with Crippen molar-refractivity contribution in [3.63, 3.8) is 0 Å². The van der Waals surface area contributed by atoms with Gasteiger partial charge in [0.1, 0.15) is 17.3 Å². The Kier molecular flexibility index (Phi) is 4.68. The Morgan fingerprint density at radius 1 is 0.769 bits per heavy atom. The Morgan fingerprint density at radius 3 is 1.58 bits per heavy atom. The third-order valence-corrected chi connectivity index (χ3v) is 5.87. The number of nitrogens with one attached hydrogen (secondary N) is 1. The Bertz CT molecular complexity index is 705. The Morgan fingerprint density at radius 2 is 1.19 bits per heavy atom. The third kappa shape index (κ3) is 2.99. The number of benzene rings is 2. The van der Waals surface area contributed by atoms with Crippen LogP contribution in [0.2, 0.25) is 0 Å². The number of rotatable bonds is 4. The van der Waals surface area contributed by atoms with E-state index in [4.69, 9.17) is 9.47 Å². The lowest BCUT2D eigenvalue weighted by Crippen LogP contribution is -2.50. The Hall–Kier alpha value is -2.33. The number of carbonyl (C=O) groups is 1. The first-order valence-electron chi connectivity index (χ1n) is 9.29. The van der Waals surface area contributed by atoms with E-state index in [0.717, 1.165) is 41.9 Å². The first-order valence-corrected chi connectivity index (χ1v) is 9.29. The molecule has 1 saturated carbocycles. The lowest BCUT2D eigenvalue weighted by molar-refractivity contribution is -0.135. The molecule has 0 spiro atoms. The standard InChI is InChI=1S/C22H25NO3/c1-25-16-10-6-14(7-11-16)20-18-4-3-5-19(22(18)24)21(23-20)15-8-12-17(26-2)13-9-15/h6-13,18-21,23H,3-5H2,1-2H3/t18-,19-,20+,21+/m1/s1. The van der Waals surface area contributed by atoms with E-state index in [9.17, 15) is 4.79 Å². The molecule has 2 aromatic rings. The van der Waals surface area contributed by atoms with Crippen LogP contribution < -0.4 is 14.8 Å². The zero-order valence-corrected chi connectivity index (χ0v) is 15.3. The van der Waals surface area contributed by atoms with Gasteiger partial charge in [-0.1, -0.05) is 30.7 Å². The van der Waals surface area contributed by atoms with Gasteiger partial charge < -0.3 is 14.8 Å². The molecule has 1 N–H and O–H groups in total.